The van der Waals surface area contributed by atoms with Crippen LogP contribution in [-0.4, -0.2) is 45.4 Å². The van der Waals surface area contributed by atoms with Crippen LogP contribution in [0.15, 0.2) is 49.7 Å². The van der Waals surface area contributed by atoms with Crippen LogP contribution in [0.25, 0.3) is 0 Å². The van der Waals surface area contributed by atoms with Crippen molar-refractivity contribution in [2.45, 2.75) is 19.4 Å². The summed E-state index contributed by atoms with van der Waals surface area (Å²) in [5.74, 6) is 1.10. The number of aromatic nitrogens is 3. The maximum absolute atomic E-state index is 12.6. The molecule has 6 heteroatoms. The number of carbonyl (C=O) groups is 1. The molecule has 0 bridgehead atoms. The fourth-order valence-corrected chi connectivity index (χ4v) is 2.89. The van der Waals surface area contributed by atoms with Crippen LogP contribution in [0, 0.1) is 0 Å². The number of aryl methyl sites for hydroxylation is 1. The highest BCUT2D eigenvalue weighted by Crippen LogP contribution is 2.22. The van der Waals surface area contributed by atoms with Crippen molar-refractivity contribution in [3.05, 3.63) is 60.8 Å². The molecule has 1 amide bonds. The van der Waals surface area contributed by atoms with E-state index in [1.807, 2.05) is 23.1 Å². The molecule has 2 aromatic heterocycles. The Balaban J connectivity index is 1.69. The zero-order valence-electron chi connectivity index (χ0n) is 13.6. The average Bonchev–Trinajstić information content (AvgIpc) is 2.81. The van der Waals surface area contributed by atoms with Crippen molar-refractivity contribution in [1.29, 1.82) is 0 Å². The largest absolute Gasteiger partial charge is 0.351 e. The molecule has 0 unspecified atom stereocenters. The van der Waals surface area contributed by atoms with Gasteiger partial charge >= 0.3 is 0 Å². The van der Waals surface area contributed by atoms with Gasteiger partial charge in [-0.15, -0.1) is 6.58 Å². The summed E-state index contributed by atoms with van der Waals surface area (Å²) in [6.07, 6.45) is 9.80. The van der Waals surface area contributed by atoms with Crippen LogP contribution >= 0.6 is 0 Å². The van der Waals surface area contributed by atoms with E-state index in [-0.39, 0.29) is 5.91 Å². The maximum atomic E-state index is 12.6. The number of anilines is 1. The van der Waals surface area contributed by atoms with Crippen molar-refractivity contribution in [3.8, 4) is 0 Å². The molecule has 0 aromatic carbocycles. The van der Waals surface area contributed by atoms with E-state index in [0.717, 1.165) is 30.0 Å². The van der Waals surface area contributed by atoms with E-state index in [4.69, 9.17) is 0 Å². The highest BCUT2D eigenvalue weighted by atomic mass is 16.2. The predicted molar refractivity (Wildman–Crippen MR) is 92.4 cm³/mol. The molecule has 0 spiro atoms. The maximum Gasteiger partial charge on any atom is 0.223 e. The third kappa shape index (κ3) is 3.76. The molecule has 0 saturated heterocycles. The van der Waals surface area contributed by atoms with Gasteiger partial charge in [0.2, 0.25) is 5.91 Å². The van der Waals surface area contributed by atoms with Crippen molar-refractivity contribution < 1.29 is 4.79 Å². The molecule has 0 radical (unpaired) electrons. The van der Waals surface area contributed by atoms with Gasteiger partial charge in [-0.3, -0.25) is 4.79 Å². The van der Waals surface area contributed by atoms with Gasteiger partial charge in [0, 0.05) is 56.8 Å². The first-order chi connectivity index (χ1) is 11.8. The Bertz CT molecular complexity index is 704. The number of hydrogen-bond donors (Lipinski definition) is 0. The van der Waals surface area contributed by atoms with Crippen molar-refractivity contribution in [3.63, 3.8) is 0 Å². The van der Waals surface area contributed by atoms with E-state index < -0.39 is 0 Å². The molecule has 1 aliphatic rings. The summed E-state index contributed by atoms with van der Waals surface area (Å²) in [5, 5.41) is 0. The van der Waals surface area contributed by atoms with E-state index in [0.29, 0.717) is 25.9 Å². The van der Waals surface area contributed by atoms with Crippen LogP contribution in [0.1, 0.15) is 17.5 Å². The summed E-state index contributed by atoms with van der Waals surface area (Å²) in [6.45, 7) is 6.59. The van der Waals surface area contributed by atoms with Crippen LogP contribution in [0.2, 0.25) is 0 Å². The third-order valence-corrected chi connectivity index (χ3v) is 4.11. The molecule has 0 atom stereocenters. The molecular formula is C18H21N5O. The first-order valence-electron chi connectivity index (χ1n) is 8.09. The lowest BCUT2D eigenvalue weighted by molar-refractivity contribution is -0.131. The first-order valence-corrected chi connectivity index (χ1v) is 8.09. The monoisotopic (exact) mass is 323 g/mol. The summed E-state index contributed by atoms with van der Waals surface area (Å²) in [5.41, 5.74) is 2.06. The van der Waals surface area contributed by atoms with Gasteiger partial charge < -0.3 is 9.80 Å². The normalized spacial score (nSPS) is 14.0. The number of rotatable bonds is 5. The second-order valence-electron chi connectivity index (χ2n) is 5.78. The van der Waals surface area contributed by atoms with E-state index in [1.54, 1.807) is 18.6 Å². The minimum absolute atomic E-state index is 0.147. The number of fused-ring (bicyclic) bond motifs is 1. The summed E-state index contributed by atoms with van der Waals surface area (Å²) >= 11 is 0. The first kappa shape index (κ1) is 16.1. The molecule has 24 heavy (non-hydrogen) atoms. The van der Waals surface area contributed by atoms with Crippen molar-refractivity contribution >= 4 is 11.7 Å². The topological polar surface area (TPSA) is 62.2 Å². The number of carbonyl (C=O) groups excluding carboxylic acids is 1. The van der Waals surface area contributed by atoms with Crippen LogP contribution in [0.4, 0.5) is 5.82 Å². The average molecular weight is 323 g/mol. The highest BCUT2D eigenvalue weighted by Gasteiger charge is 2.22. The standard InChI is InChI=1S/C18H21N5O/c1-2-8-22-9-10-23(13-16-4-3-7-21-18(16)22)17(24)6-5-15-11-19-14-20-12-15/h2-4,7,11-12,14H,1,5-6,8-10,13H2. The van der Waals surface area contributed by atoms with Gasteiger partial charge in [-0.2, -0.15) is 0 Å². The summed E-state index contributed by atoms with van der Waals surface area (Å²) in [6, 6.07) is 3.95. The Kier molecular flexibility index (Phi) is 5.15. The van der Waals surface area contributed by atoms with E-state index in [9.17, 15) is 4.79 Å². The number of hydrogen-bond acceptors (Lipinski definition) is 5. The van der Waals surface area contributed by atoms with Gasteiger partial charge in [-0.05, 0) is 18.1 Å². The lowest BCUT2D eigenvalue weighted by Crippen LogP contribution is -2.35. The van der Waals surface area contributed by atoms with Crippen molar-refractivity contribution in [2.24, 2.45) is 0 Å². The molecule has 3 rings (SSSR count). The van der Waals surface area contributed by atoms with Gasteiger partial charge in [0.1, 0.15) is 12.1 Å². The quantitative estimate of drug-likeness (QED) is 0.786. The van der Waals surface area contributed by atoms with Gasteiger partial charge in [-0.1, -0.05) is 12.1 Å². The third-order valence-electron chi connectivity index (χ3n) is 4.11. The molecule has 0 fully saturated rings. The predicted octanol–water partition coefficient (Wildman–Crippen LogP) is 1.84. The van der Waals surface area contributed by atoms with Gasteiger partial charge in [0.05, 0.1) is 0 Å². The molecule has 0 N–H and O–H groups in total. The van der Waals surface area contributed by atoms with Gasteiger partial charge in [0.25, 0.3) is 0 Å². The molecule has 6 nitrogen and oxygen atoms in total. The summed E-state index contributed by atoms with van der Waals surface area (Å²) in [4.78, 5) is 29.2. The molecule has 1 aliphatic heterocycles. The lowest BCUT2D eigenvalue weighted by atomic mass is 10.1. The molecule has 0 saturated carbocycles. The Labute approximate surface area is 141 Å². The van der Waals surface area contributed by atoms with Crippen LogP contribution < -0.4 is 4.90 Å². The Morgan fingerprint density at radius 3 is 2.92 bits per heavy atom. The summed E-state index contributed by atoms with van der Waals surface area (Å²) < 4.78 is 0. The minimum atomic E-state index is 0.147. The zero-order chi connectivity index (χ0) is 16.8. The lowest BCUT2D eigenvalue weighted by Gasteiger charge is -2.22. The fraction of sp³-hybridized carbons (Fsp3) is 0.333. The Hall–Kier alpha value is -2.76. The van der Waals surface area contributed by atoms with Crippen LogP contribution in [-0.2, 0) is 17.8 Å². The molecule has 0 aliphatic carbocycles. The molecule has 3 heterocycles. The number of pyridine rings is 1. The zero-order valence-corrected chi connectivity index (χ0v) is 13.6. The van der Waals surface area contributed by atoms with Crippen LogP contribution in [0.3, 0.4) is 0 Å². The minimum Gasteiger partial charge on any atom is -0.351 e. The van der Waals surface area contributed by atoms with Gasteiger partial charge in [0.15, 0.2) is 0 Å². The summed E-state index contributed by atoms with van der Waals surface area (Å²) in [7, 11) is 0. The SMILES string of the molecule is C=CCN1CCN(C(=O)CCc2cncnc2)Cc2cccnc21. The second kappa shape index (κ2) is 7.68. The molecular weight excluding hydrogens is 302 g/mol. The van der Waals surface area contributed by atoms with Crippen molar-refractivity contribution in [2.75, 3.05) is 24.5 Å². The fourth-order valence-electron chi connectivity index (χ4n) is 2.89. The molecule has 124 valence electrons. The highest BCUT2D eigenvalue weighted by molar-refractivity contribution is 5.77. The molecule has 2 aromatic rings. The van der Waals surface area contributed by atoms with E-state index >= 15 is 0 Å². The number of amides is 1. The Morgan fingerprint density at radius 2 is 2.12 bits per heavy atom. The van der Waals surface area contributed by atoms with Gasteiger partial charge in [-0.25, -0.2) is 15.0 Å². The second-order valence-corrected chi connectivity index (χ2v) is 5.78. The smallest absolute Gasteiger partial charge is 0.223 e. The van der Waals surface area contributed by atoms with Crippen LogP contribution in [0.5, 0.6) is 0 Å². The number of nitrogens with zero attached hydrogens (tertiary/aromatic N) is 5. The van der Waals surface area contributed by atoms with Crippen molar-refractivity contribution in [1.82, 2.24) is 19.9 Å². The van der Waals surface area contributed by atoms with E-state index in [2.05, 4.69) is 26.4 Å². The van der Waals surface area contributed by atoms with E-state index in [1.165, 1.54) is 6.33 Å². The Morgan fingerprint density at radius 1 is 1.29 bits per heavy atom.